The predicted molar refractivity (Wildman–Crippen MR) is 88.4 cm³/mol. The molecule has 0 amide bonds. The highest BCUT2D eigenvalue weighted by Crippen LogP contribution is 2.27. The molecule has 2 aliphatic heterocycles. The van der Waals surface area contributed by atoms with Crippen molar-refractivity contribution in [2.75, 3.05) is 0 Å². The third-order valence-corrected chi connectivity index (χ3v) is 6.67. The van der Waals surface area contributed by atoms with Crippen LogP contribution >= 0.6 is 12.4 Å². The van der Waals surface area contributed by atoms with E-state index in [1.165, 1.54) is 18.2 Å². The van der Waals surface area contributed by atoms with Crippen molar-refractivity contribution in [1.82, 2.24) is 10.0 Å². The lowest BCUT2D eigenvalue weighted by Gasteiger charge is -2.29. The smallest absolute Gasteiger partial charge is 0.240 e. The van der Waals surface area contributed by atoms with Gasteiger partial charge in [0.2, 0.25) is 20.0 Å². The average Bonchev–Trinajstić information content (AvgIpc) is 2.77. The highest BCUT2D eigenvalue weighted by Gasteiger charge is 2.35. The Labute approximate surface area is 142 Å². The maximum absolute atomic E-state index is 12.4. The van der Waals surface area contributed by atoms with E-state index in [0.29, 0.717) is 12.1 Å². The topological polar surface area (TPSA) is 118 Å². The van der Waals surface area contributed by atoms with Gasteiger partial charge >= 0.3 is 0 Å². The van der Waals surface area contributed by atoms with Crippen molar-refractivity contribution in [2.24, 2.45) is 5.14 Å². The van der Waals surface area contributed by atoms with E-state index in [-0.39, 0.29) is 28.2 Å². The predicted octanol–water partition coefficient (Wildman–Crippen LogP) is 0.317. The summed E-state index contributed by atoms with van der Waals surface area (Å²) in [6, 6.07) is 5.71. The van der Waals surface area contributed by atoms with Gasteiger partial charge in [0.1, 0.15) is 0 Å². The number of primary sulfonamides is 1. The zero-order valence-electron chi connectivity index (χ0n) is 12.3. The molecule has 1 aromatic rings. The summed E-state index contributed by atoms with van der Waals surface area (Å²) >= 11 is 0. The Hall–Kier alpha value is -0.710. The van der Waals surface area contributed by atoms with Crippen LogP contribution in [0.1, 0.15) is 25.7 Å². The zero-order valence-corrected chi connectivity index (χ0v) is 14.8. The summed E-state index contributed by atoms with van der Waals surface area (Å²) in [6.45, 7) is 0. The molecule has 0 spiro atoms. The Morgan fingerprint density at radius 2 is 1.61 bits per heavy atom. The molecule has 2 aliphatic rings. The maximum Gasteiger partial charge on any atom is 0.240 e. The van der Waals surface area contributed by atoms with Crippen molar-refractivity contribution in [3.05, 3.63) is 24.3 Å². The number of rotatable bonds is 4. The molecule has 7 nitrogen and oxygen atoms in total. The van der Waals surface area contributed by atoms with Crippen LogP contribution < -0.4 is 15.2 Å². The van der Waals surface area contributed by atoms with Gasteiger partial charge in [0, 0.05) is 18.1 Å². The van der Waals surface area contributed by atoms with Crippen LogP contribution in [0, 0.1) is 0 Å². The van der Waals surface area contributed by atoms with Gasteiger partial charge in [-0.3, -0.25) is 0 Å². The molecule has 2 fully saturated rings. The van der Waals surface area contributed by atoms with E-state index in [1.807, 2.05) is 0 Å². The summed E-state index contributed by atoms with van der Waals surface area (Å²) in [5.41, 5.74) is 0. The Kier molecular flexibility index (Phi) is 5.39. The molecule has 2 atom stereocenters. The molecule has 2 heterocycles. The fourth-order valence-corrected chi connectivity index (χ4v) is 5.20. The van der Waals surface area contributed by atoms with Gasteiger partial charge in [-0.25, -0.2) is 26.7 Å². The number of hydrogen-bond acceptors (Lipinski definition) is 5. The molecule has 130 valence electrons. The number of nitrogens with two attached hydrogens (primary N) is 1. The highest BCUT2D eigenvalue weighted by atomic mass is 35.5. The first kappa shape index (κ1) is 18.6. The van der Waals surface area contributed by atoms with Crippen molar-refractivity contribution in [3.8, 4) is 0 Å². The van der Waals surface area contributed by atoms with Gasteiger partial charge in [-0.15, -0.1) is 12.4 Å². The van der Waals surface area contributed by atoms with E-state index in [9.17, 15) is 16.8 Å². The summed E-state index contributed by atoms with van der Waals surface area (Å²) in [4.78, 5) is -0.286. The molecule has 10 heteroatoms. The number of halogens is 1. The van der Waals surface area contributed by atoms with Gasteiger partial charge in [-0.1, -0.05) is 6.07 Å². The summed E-state index contributed by atoms with van der Waals surface area (Å²) in [6.07, 6.45) is 3.66. The fraction of sp³-hybridized carbons (Fsp3) is 0.538. The number of sulfonamides is 2. The maximum atomic E-state index is 12.4. The minimum absolute atomic E-state index is 0. The lowest BCUT2D eigenvalue weighted by molar-refractivity contribution is 0.345. The Balaban J connectivity index is 0.00000192. The summed E-state index contributed by atoms with van der Waals surface area (Å²) in [7, 11) is -7.69. The second-order valence-electron chi connectivity index (χ2n) is 5.95. The number of nitrogens with one attached hydrogen (secondary N) is 2. The first-order chi connectivity index (χ1) is 10.2. The highest BCUT2D eigenvalue weighted by molar-refractivity contribution is 7.90. The van der Waals surface area contributed by atoms with E-state index >= 15 is 0 Å². The Morgan fingerprint density at radius 1 is 1.04 bits per heavy atom. The van der Waals surface area contributed by atoms with Crippen molar-refractivity contribution in [2.45, 2.75) is 53.6 Å². The number of hydrogen-bond donors (Lipinski definition) is 3. The molecule has 0 radical (unpaired) electrons. The van der Waals surface area contributed by atoms with Gasteiger partial charge in [-0.2, -0.15) is 0 Å². The van der Waals surface area contributed by atoms with Crippen LogP contribution in [0.15, 0.2) is 34.1 Å². The van der Waals surface area contributed by atoms with Crippen LogP contribution in [-0.2, 0) is 20.0 Å². The summed E-state index contributed by atoms with van der Waals surface area (Å²) < 4.78 is 50.3. The quantitative estimate of drug-likeness (QED) is 0.693. The van der Waals surface area contributed by atoms with Crippen molar-refractivity contribution < 1.29 is 16.8 Å². The summed E-state index contributed by atoms with van der Waals surface area (Å²) in [5, 5.41) is 8.49. The normalized spacial score (nSPS) is 27.4. The molecular weight excluding hydrogens is 362 g/mol. The monoisotopic (exact) mass is 381 g/mol. The second kappa shape index (κ2) is 6.66. The first-order valence-corrected chi connectivity index (χ1v) is 10.2. The Bertz CT molecular complexity index is 770. The van der Waals surface area contributed by atoms with Crippen molar-refractivity contribution >= 4 is 32.5 Å². The van der Waals surface area contributed by atoms with Crippen molar-refractivity contribution in [3.63, 3.8) is 0 Å². The SMILES string of the molecule is Cl.NS(=O)(=O)c1cccc(S(=O)(=O)NC2CC3CCC(C2)N3)c1. The molecule has 0 aromatic heterocycles. The van der Waals surface area contributed by atoms with Crippen LogP contribution in [0.5, 0.6) is 0 Å². The number of benzene rings is 1. The molecular formula is C13H20ClN3O4S2. The third-order valence-electron chi connectivity index (χ3n) is 4.24. The van der Waals surface area contributed by atoms with Crippen LogP contribution in [0.3, 0.4) is 0 Å². The molecule has 3 rings (SSSR count). The zero-order chi connectivity index (χ0) is 16.0. The molecule has 2 bridgehead atoms. The van der Waals surface area contributed by atoms with Gasteiger partial charge in [0.25, 0.3) is 0 Å². The van der Waals surface area contributed by atoms with Crippen LogP contribution in [-0.4, -0.2) is 35.0 Å². The molecule has 0 aliphatic carbocycles. The third kappa shape index (κ3) is 4.23. The minimum Gasteiger partial charge on any atom is -0.311 e. The lowest BCUT2D eigenvalue weighted by atomic mass is 10.0. The van der Waals surface area contributed by atoms with Crippen LogP contribution in [0.4, 0.5) is 0 Å². The molecule has 0 saturated carbocycles. The van der Waals surface area contributed by atoms with Gasteiger partial charge < -0.3 is 5.32 Å². The van der Waals surface area contributed by atoms with Gasteiger partial charge in [-0.05, 0) is 43.9 Å². The Morgan fingerprint density at radius 3 is 2.17 bits per heavy atom. The fourth-order valence-electron chi connectivity index (χ4n) is 3.26. The molecule has 2 saturated heterocycles. The van der Waals surface area contributed by atoms with Gasteiger partial charge in [0.15, 0.2) is 0 Å². The number of fused-ring (bicyclic) bond motifs is 2. The molecule has 4 N–H and O–H groups in total. The molecule has 2 unspecified atom stereocenters. The van der Waals surface area contributed by atoms with E-state index in [2.05, 4.69) is 10.0 Å². The molecule has 23 heavy (non-hydrogen) atoms. The van der Waals surface area contributed by atoms with E-state index in [4.69, 9.17) is 5.14 Å². The van der Waals surface area contributed by atoms with Crippen LogP contribution in [0.2, 0.25) is 0 Å². The average molecular weight is 382 g/mol. The van der Waals surface area contributed by atoms with E-state index in [1.54, 1.807) is 0 Å². The van der Waals surface area contributed by atoms with E-state index < -0.39 is 20.0 Å². The summed E-state index contributed by atoms with van der Waals surface area (Å²) in [5.74, 6) is 0. The van der Waals surface area contributed by atoms with Crippen LogP contribution in [0.25, 0.3) is 0 Å². The minimum atomic E-state index is -3.93. The largest absolute Gasteiger partial charge is 0.311 e. The van der Waals surface area contributed by atoms with Crippen molar-refractivity contribution in [1.29, 1.82) is 0 Å². The standard InChI is InChI=1S/C13H19N3O4S2.ClH/c14-21(17,18)12-2-1-3-13(8-12)22(19,20)16-11-6-9-4-5-10(7-11)15-9;/h1-3,8-11,15-16H,4-7H2,(H2,14,17,18);1H. The van der Waals surface area contributed by atoms with E-state index in [0.717, 1.165) is 31.7 Å². The number of piperidine rings is 1. The van der Waals surface area contributed by atoms with Gasteiger partial charge in [0.05, 0.1) is 9.79 Å². The second-order valence-corrected chi connectivity index (χ2v) is 9.22. The first-order valence-electron chi connectivity index (χ1n) is 7.15. The molecule has 1 aromatic carbocycles. The lowest BCUT2D eigenvalue weighted by Crippen LogP contribution is -2.47.